The Morgan fingerprint density at radius 2 is 2.11 bits per heavy atom. The average Bonchev–Trinajstić information content (AvgIpc) is 2.32. The van der Waals surface area contributed by atoms with Crippen molar-refractivity contribution in [1.29, 1.82) is 0 Å². The van der Waals surface area contributed by atoms with Gasteiger partial charge in [0.25, 0.3) is 0 Å². The molecule has 7 heteroatoms. The molecule has 0 saturated heterocycles. The molecule has 3 N–H and O–H groups in total. The lowest BCUT2D eigenvalue weighted by Gasteiger charge is -2.18. The van der Waals surface area contributed by atoms with E-state index in [1.165, 1.54) is 0 Å². The number of phenols is 1. The van der Waals surface area contributed by atoms with Gasteiger partial charge in [-0.15, -0.1) is 0 Å². The second-order valence-electron chi connectivity index (χ2n) is 3.62. The van der Waals surface area contributed by atoms with E-state index < -0.39 is 36.2 Å². The molecule has 2 atom stereocenters. The van der Waals surface area contributed by atoms with Gasteiger partial charge in [-0.1, -0.05) is 11.6 Å². The Balaban J connectivity index is 2.96. The summed E-state index contributed by atoms with van der Waals surface area (Å²) in [6, 6.07) is 1.69. The van der Waals surface area contributed by atoms with E-state index in [9.17, 15) is 24.5 Å². The van der Waals surface area contributed by atoms with Crippen molar-refractivity contribution in [3.05, 3.63) is 28.5 Å². The van der Waals surface area contributed by atoms with Crippen molar-refractivity contribution < 1.29 is 29.2 Å². The topological polar surface area (TPSA) is 87.0 Å². The van der Waals surface area contributed by atoms with Gasteiger partial charge < -0.3 is 20.1 Å². The van der Waals surface area contributed by atoms with Crippen molar-refractivity contribution in [3.63, 3.8) is 0 Å². The number of methoxy groups -OCH3 is 1. The fourth-order valence-electron chi connectivity index (χ4n) is 1.38. The van der Waals surface area contributed by atoms with Crippen LogP contribution in [0, 0.1) is 5.82 Å². The molecule has 0 aliphatic rings. The predicted molar refractivity (Wildman–Crippen MR) is 60.7 cm³/mol. The molecule has 0 spiro atoms. The molecular formula is C11H12ClFO5. The number of hydrogen-bond acceptors (Lipinski definition) is 5. The third-order valence-electron chi connectivity index (χ3n) is 2.34. The quantitative estimate of drug-likeness (QED) is 0.719. The van der Waals surface area contributed by atoms with Gasteiger partial charge in [0.15, 0.2) is 0 Å². The number of ether oxygens (including phenoxy) is 1. The van der Waals surface area contributed by atoms with E-state index in [4.69, 9.17) is 11.6 Å². The van der Waals surface area contributed by atoms with E-state index in [-0.39, 0.29) is 10.6 Å². The molecule has 18 heavy (non-hydrogen) atoms. The van der Waals surface area contributed by atoms with Crippen LogP contribution in [0.2, 0.25) is 5.02 Å². The first-order chi connectivity index (χ1) is 8.36. The van der Waals surface area contributed by atoms with Crippen LogP contribution in [0.15, 0.2) is 12.1 Å². The summed E-state index contributed by atoms with van der Waals surface area (Å²) in [5.41, 5.74) is -0.295. The summed E-state index contributed by atoms with van der Waals surface area (Å²) in [5.74, 6) is -2.07. The molecule has 5 nitrogen and oxygen atoms in total. The predicted octanol–water partition coefficient (Wildman–Crippen LogP) is 1.14. The number of hydrogen-bond donors (Lipinski definition) is 3. The minimum absolute atomic E-state index is 0.295. The zero-order valence-corrected chi connectivity index (χ0v) is 10.2. The molecule has 0 saturated carbocycles. The summed E-state index contributed by atoms with van der Waals surface area (Å²) in [6.07, 6.45) is -3.69. The first-order valence-electron chi connectivity index (χ1n) is 4.97. The van der Waals surface area contributed by atoms with Crippen molar-refractivity contribution in [1.82, 2.24) is 0 Å². The van der Waals surface area contributed by atoms with Gasteiger partial charge in [0.2, 0.25) is 0 Å². The maximum absolute atomic E-state index is 13.1. The maximum Gasteiger partial charge on any atom is 0.308 e. The first-order valence-corrected chi connectivity index (χ1v) is 5.35. The highest BCUT2D eigenvalue weighted by Crippen LogP contribution is 2.34. The van der Waals surface area contributed by atoms with Gasteiger partial charge >= 0.3 is 5.97 Å². The fourth-order valence-corrected chi connectivity index (χ4v) is 1.60. The van der Waals surface area contributed by atoms with Crippen LogP contribution in [-0.4, -0.2) is 34.5 Å². The monoisotopic (exact) mass is 278 g/mol. The lowest BCUT2D eigenvalue weighted by atomic mass is 10.0. The van der Waals surface area contributed by atoms with Gasteiger partial charge in [0, 0.05) is 5.56 Å². The molecule has 1 aromatic rings. The number of esters is 1. The molecule has 0 radical (unpaired) electrons. The molecule has 0 heterocycles. The van der Waals surface area contributed by atoms with E-state index in [0.717, 1.165) is 19.2 Å². The van der Waals surface area contributed by atoms with Crippen molar-refractivity contribution >= 4 is 17.6 Å². The summed E-state index contributed by atoms with van der Waals surface area (Å²) >= 11 is 5.53. The second kappa shape index (κ2) is 5.99. The lowest BCUT2D eigenvalue weighted by molar-refractivity contribution is -0.144. The molecule has 0 aliphatic carbocycles. The van der Waals surface area contributed by atoms with Crippen molar-refractivity contribution in [3.8, 4) is 5.75 Å². The van der Waals surface area contributed by atoms with Crippen LogP contribution in [0.25, 0.3) is 0 Å². The molecule has 0 amide bonds. The number of carbonyl (C=O) groups is 1. The Labute approximate surface area is 107 Å². The van der Waals surface area contributed by atoms with Crippen LogP contribution in [0.1, 0.15) is 18.1 Å². The zero-order valence-electron chi connectivity index (χ0n) is 9.43. The van der Waals surface area contributed by atoms with E-state index in [1.807, 2.05) is 0 Å². The number of carbonyl (C=O) groups excluding carboxylic acids is 1. The summed E-state index contributed by atoms with van der Waals surface area (Å²) < 4.78 is 17.4. The minimum atomic E-state index is -1.66. The normalized spacial score (nSPS) is 14.1. The van der Waals surface area contributed by atoms with E-state index in [0.29, 0.717) is 0 Å². The van der Waals surface area contributed by atoms with Gasteiger partial charge in [-0.2, -0.15) is 0 Å². The number of aromatic hydroxyl groups is 1. The van der Waals surface area contributed by atoms with Crippen LogP contribution < -0.4 is 0 Å². The van der Waals surface area contributed by atoms with Gasteiger partial charge in [-0.3, -0.25) is 4.79 Å². The summed E-state index contributed by atoms with van der Waals surface area (Å²) in [7, 11) is 1.12. The van der Waals surface area contributed by atoms with Crippen LogP contribution in [0.5, 0.6) is 5.75 Å². The highest BCUT2D eigenvalue weighted by atomic mass is 35.5. The van der Waals surface area contributed by atoms with Gasteiger partial charge in [-0.25, -0.2) is 4.39 Å². The van der Waals surface area contributed by atoms with E-state index >= 15 is 0 Å². The lowest BCUT2D eigenvalue weighted by Crippen LogP contribution is -2.22. The molecule has 1 aromatic carbocycles. The van der Waals surface area contributed by atoms with Crippen LogP contribution in [0.4, 0.5) is 4.39 Å². The Hall–Kier alpha value is -1.37. The van der Waals surface area contributed by atoms with Crippen molar-refractivity contribution in [2.24, 2.45) is 0 Å². The summed E-state index contributed by atoms with van der Waals surface area (Å²) in [4.78, 5) is 10.9. The molecule has 2 unspecified atom stereocenters. The largest absolute Gasteiger partial charge is 0.506 e. The Morgan fingerprint density at radius 1 is 1.50 bits per heavy atom. The highest BCUT2D eigenvalue weighted by Gasteiger charge is 2.25. The van der Waals surface area contributed by atoms with Crippen molar-refractivity contribution in [2.45, 2.75) is 18.6 Å². The standard InChI is InChI=1S/C11H12ClFO5/c1-18-9(15)4-8(14)11(17)6-2-5(13)3-7(12)10(6)16/h2-3,8,11,14,16-17H,4H2,1H3. The molecule has 0 fully saturated rings. The minimum Gasteiger partial charge on any atom is -0.506 e. The van der Waals surface area contributed by atoms with E-state index in [1.54, 1.807) is 0 Å². The smallest absolute Gasteiger partial charge is 0.308 e. The Kier molecular flexibility index (Phi) is 4.89. The Morgan fingerprint density at radius 3 is 2.67 bits per heavy atom. The zero-order chi connectivity index (χ0) is 13.9. The maximum atomic E-state index is 13.1. The fraction of sp³-hybridized carbons (Fsp3) is 0.364. The van der Waals surface area contributed by atoms with Crippen LogP contribution in [0.3, 0.4) is 0 Å². The number of phenolic OH excluding ortho intramolecular Hbond substituents is 1. The highest BCUT2D eigenvalue weighted by molar-refractivity contribution is 6.32. The molecule has 0 aromatic heterocycles. The van der Waals surface area contributed by atoms with Gasteiger partial charge in [0.05, 0.1) is 24.7 Å². The first kappa shape index (κ1) is 14.7. The number of benzene rings is 1. The molecule has 1 rings (SSSR count). The van der Waals surface area contributed by atoms with Gasteiger partial charge in [-0.05, 0) is 12.1 Å². The van der Waals surface area contributed by atoms with Crippen LogP contribution in [-0.2, 0) is 9.53 Å². The SMILES string of the molecule is COC(=O)CC(O)C(O)c1cc(F)cc(Cl)c1O. The Bertz CT molecular complexity index is 451. The summed E-state index contributed by atoms with van der Waals surface area (Å²) in [5, 5.41) is 28.5. The number of rotatable bonds is 4. The van der Waals surface area contributed by atoms with Crippen molar-refractivity contribution in [2.75, 3.05) is 7.11 Å². The number of aliphatic hydroxyl groups excluding tert-OH is 2. The van der Waals surface area contributed by atoms with Crippen LogP contribution >= 0.6 is 11.6 Å². The average molecular weight is 279 g/mol. The molecule has 100 valence electrons. The number of halogens is 2. The third kappa shape index (κ3) is 3.32. The molecule has 0 aliphatic heterocycles. The molecular weight excluding hydrogens is 267 g/mol. The second-order valence-corrected chi connectivity index (χ2v) is 4.03. The third-order valence-corrected chi connectivity index (χ3v) is 2.63. The van der Waals surface area contributed by atoms with E-state index in [2.05, 4.69) is 4.74 Å². The number of aliphatic hydroxyl groups is 2. The summed E-state index contributed by atoms with van der Waals surface area (Å²) in [6.45, 7) is 0. The van der Waals surface area contributed by atoms with Gasteiger partial charge in [0.1, 0.15) is 17.7 Å². The molecule has 0 bridgehead atoms.